The molecule has 3 rings (SSSR count). The molecule has 29 heavy (non-hydrogen) atoms. The van der Waals surface area contributed by atoms with E-state index in [2.05, 4.69) is 5.32 Å². The minimum Gasteiger partial charge on any atom is -0.495 e. The smallest absolute Gasteiger partial charge is 0.243 e. The van der Waals surface area contributed by atoms with Gasteiger partial charge in [-0.2, -0.15) is 4.31 Å². The summed E-state index contributed by atoms with van der Waals surface area (Å²) in [6.07, 6.45) is 1.12. The summed E-state index contributed by atoms with van der Waals surface area (Å²) in [6, 6.07) is 8.02. The summed E-state index contributed by atoms with van der Waals surface area (Å²) in [7, 11) is -2.32. The molecule has 0 spiro atoms. The van der Waals surface area contributed by atoms with E-state index in [1.54, 1.807) is 12.1 Å². The number of nitrogens with one attached hydrogen (secondary N) is 1. The zero-order valence-electron chi connectivity index (χ0n) is 16.1. The van der Waals surface area contributed by atoms with Crippen LogP contribution in [0.4, 0.5) is 10.1 Å². The van der Waals surface area contributed by atoms with E-state index in [-0.39, 0.29) is 17.3 Å². The second kappa shape index (κ2) is 8.69. The molecule has 1 fully saturated rings. The van der Waals surface area contributed by atoms with Crippen molar-refractivity contribution in [1.82, 2.24) is 4.31 Å². The van der Waals surface area contributed by atoms with Crippen molar-refractivity contribution < 1.29 is 22.3 Å². The molecule has 1 unspecified atom stereocenters. The zero-order chi connectivity index (χ0) is 21.2. The number of carbonyl (C=O) groups excluding carboxylic acids is 1. The van der Waals surface area contributed by atoms with E-state index in [1.807, 2.05) is 6.92 Å². The van der Waals surface area contributed by atoms with Gasteiger partial charge in [0.25, 0.3) is 0 Å². The van der Waals surface area contributed by atoms with Gasteiger partial charge in [-0.05, 0) is 55.7 Å². The summed E-state index contributed by atoms with van der Waals surface area (Å²) in [5.41, 5.74) is 1.27. The van der Waals surface area contributed by atoms with Crippen LogP contribution in [0.15, 0.2) is 41.3 Å². The van der Waals surface area contributed by atoms with Gasteiger partial charge in [-0.15, -0.1) is 0 Å². The van der Waals surface area contributed by atoms with E-state index in [0.29, 0.717) is 35.8 Å². The van der Waals surface area contributed by atoms with E-state index in [9.17, 15) is 17.6 Å². The van der Waals surface area contributed by atoms with Gasteiger partial charge in [0.2, 0.25) is 15.9 Å². The Kier molecular flexibility index (Phi) is 6.45. The van der Waals surface area contributed by atoms with Crippen LogP contribution in [-0.4, -0.2) is 38.8 Å². The number of piperidine rings is 1. The summed E-state index contributed by atoms with van der Waals surface area (Å²) < 4.78 is 45.4. The Labute approximate surface area is 174 Å². The zero-order valence-corrected chi connectivity index (χ0v) is 17.7. The first-order valence-electron chi connectivity index (χ1n) is 9.13. The lowest BCUT2D eigenvalue weighted by Gasteiger charge is -2.31. The molecule has 1 amide bonds. The number of aryl methyl sites for hydroxylation is 1. The molecule has 1 heterocycles. The number of methoxy groups -OCH3 is 1. The van der Waals surface area contributed by atoms with Gasteiger partial charge in [-0.25, -0.2) is 12.8 Å². The van der Waals surface area contributed by atoms with Gasteiger partial charge in [0, 0.05) is 24.2 Å². The molecule has 1 atom stereocenters. The number of hydrogen-bond donors (Lipinski definition) is 1. The van der Waals surface area contributed by atoms with Crippen LogP contribution in [0, 0.1) is 18.7 Å². The molecule has 9 heteroatoms. The van der Waals surface area contributed by atoms with Crippen molar-refractivity contribution in [1.29, 1.82) is 0 Å². The van der Waals surface area contributed by atoms with Gasteiger partial charge in [-0.3, -0.25) is 4.79 Å². The van der Waals surface area contributed by atoms with E-state index >= 15 is 0 Å². The SMILES string of the molecule is COc1cc(Cl)c(C)cc1NC(=O)C1CCCN(S(=O)(=O)c2ccc(F)cc2)C1. The predicted octanol–water partition coefficient (Wildman–Crippen LogP) is 3.84. The number of anilines is 1. The molecule has 6 nitrogen and oxygen atoms in total. The molecule has 0 saturated carbocycles. The molecule has 0 radical (unpaired) electrons. The first-order valence-corrected chi connectivity index (χ1v) is 10.9. The Balaban J connectivity index is 1.76. The van der Waals surface area contributed by atoms with Crippen molar-refractivity contribution in [3.8, 4) is 5.75 Å². The minimum absolute atomic E-state index is 0.00922. The van der Waals surface area contributed by atoms with Crippen molar-refractivity contribution in [3.05, 3.63) is 52.8 Å². The van der Waals surface area contributed by atoms with Crippen LogP contribution in [0.2, 0.25) is 5.02 Å². The molecule has 1 N–H and O–H groups in total. The number of halogens is 2. The maximum absolute atomic E-state index is 13.1. The summed E-state index contributed by atoms with van der Waals surface area (Å²) >= 11 is 6.10. The molecule has 1 aliphatic rings. The highest BCUT2D eigenvalue weighted by atomic mass is 35.5. The number of nitrogens with zero attached hydrogens (tertiary/aromatic N) is 1. The van der Waals surface area contributed by atoms with Crippen molar-refractivity contribution in [2.24, 2.45) is 5.92 Å². The Bertz CT molecular complexity index is 1010. The number of hydrogen-bond acceptors (Lipinski definition) is 4. The third-order valence-corrected chi connectivity index (χ3v) is 7.23. The Morgan fingerprint density at radius 2 is 1.97 bits per heavy atom. The van der Waals surface area contributed by atoms with Crippen LogP contribution in [0.3, 0.4) is 0 Å². The maximum atomic E-state index is 13.1. The van der Waals surface area contributed by atoms with Gasteiger partial charge < -0.3 is 10.1 Å². The van der Waals surface area contributed by atoms with Gasteiger partial charge in [0.15, 0.2) is 0 Å². The second-order valence-corrected chi connectivity index (χ2v) is 9.29. The lowest BCUT2D eigenvalue weighted by Crippen LogP contribution is -2.43. The van der Waals surface area contributed by atoms with Crippen LogP contribution < -0.4 is 10.1 Å². The fraction of sp³-hybridized carbons (Fsp3) is 0.350. The molecule has 2 aromatic rings. The summed E-state index contributed by atoms with van der Waals surface area (Å²) in [5, 5.41) is 3.35. The molecule has 0 aromatic heterocycles. The molecule has 2 aromatic carbocycles. The van der Waals surface area contributed by atoms with E-state index < -0.39 is 21.8 Å². The third kappa shape index (κ3) is 4.71. The molecular weight excluding hydrogens is 419 g/mol. The average molecular weight is 441 g/mol. The van der Waals surface area contributed by atoms with Crippen LogP contribution >= 0.6 is 11.6 Å². The lowest BCUT2D eigenvalue weighted by molar-refractivity contribution is -0.120. The Hall–Kier alpha value is -2.16. The normalized spacial score (nSPS) is 17.7. The molecule has 0 bridgehead atoms. The standard InChI is InChI=1S/C20H22ClFN2O4S/c1-13-10-18(19(28-2)11-17(13)21)23-20(25)14-4-3-9-24(12-14)29(26,27)16-7-5-15(22)6-8-16/h5-8,10-11,14H,3-4,9,12H2,1-2H3,(H,23,25). The van der Waals surface area contributed by atoms with Crippen molar-refractivity contribution >= 4 is 33.2 Å². The summed E-state index contributed by atoms with van der Waals surface area (Å²) in [4.78, 5) is 12.8. The van der Waals surface area contributed by atoms with Crippen LogP contribution in [0.5, 0.6) is 5.75 Å². The van der Waals surface area contributed by atoms with E-state index in [4.69, 9.17) is 16.3 Å². The Morgan fingerprint density at radius 1 is 1.28 bits per heavy atom. The highest BCUT2D eigenvalue weighted by Gasteiger charge is 2.33. The second-order valence-electron chi connectivity index (χ2n) is 6.95. The molecule has 1 aliphatic heterocycles. The Morgan fingerprint density at radius 3 is 2.62 bits per heavy atom. The average Bonchev–Trinajstić information content (AvgIpc) is 2.71. The summed E-state index contributed by atoms with van der Waals surface area (Å²) in [5.74, 6) is -0.878. The van der Waals surface area contributed by atoms with Crippen LogP contribution in [-0.2, 0) is 14.8 Å². The van der Waals surface area contributed by atoms with Crippen molar-refractivity contribution in [2.75, 3.05) is 25.5 Å². The maximum Gasteiger partial charge on any atom is 0.243 e. The van der Waals surface area contributed by atoms with E-state index in [0.717, 1.165) is 17.7 Å². The number of ether oxygens (including phenoxy) is 1. The molecule has 1 saturated heterocycles. The monoisotopic (exact) mass is 440 g/mol. The van der Waals surface area contributed by atoms with Crippen molar-refractivity contribution in [3.63, 3.8) is 0 Å². The number of rotatable bonds is 5. The molecule has 0 aliphatic carbocycles. The predicted molar refractivity (Wildman–Crippen MR) is 109 cm³/mol. The number of sulfonamides is 1. The number of carbonyl (C=O) groups is 1. The van der Waals surface area contributed by atoms with Gasteiger partial charge in [-0.1, -0.05) is 11.6 Å². The first-order chi connectivity index (χ1) is 13.7. The molecular formula is C20H22ClFN2O4S. The van der Waals surface area contributed by atoms with Gasteiger partial charge >= 0.3 is 0 Å². The highest BCUT2D eigenvalue weighted by Crippen LogP contribution is 2.32. The number of benzene rings is 2. The van der Waals surface area contributed by atoms with Crippen molar-refractivity contribution in [2.45, 2.75) is 24.7 Å². The quantitative estimate of drug-likeness (QED) is 0.766. The molecule has 156 valence electrons. The fourth-order valence-electron chi connectivity index (χ4n) is 3.29. The third-order valence-electron chi connectivity index (χ3n) is 4.94. The van der Waals surface area contributed by atoms with Gasteiger partial charge in [0.1, 0.15) is 11.6 Å². The lowest BCUT2D eigenvalue weighted by atomic mass is 9.98. The topological polar surface area (TPSA) is 75.7 Å². The largest absolute Gasteiger partial charge is 0.495 e. The van der Waals surface area contributed by atoms with E-state index in [1.165, 1.54) is 23.5 Å². The highest BCUT2D eigenvalue weighted by molar-refractivity contribution is 7.89. The summed E-state index contributed by atoms with van der Waals surface area (Å²) in [6.45, 7) is 2.18. The van der Waals surface area contributed by atoms with Gasteiger partial charge in [0.05, 0.1) is 23.6 Å². The minimum atomic E-state index is -3.80. The fourth-order valence-corrected chi connectivity index (χ4v) is 4.97. The van der Waals surface area contributed by atoms with Crippen LogP contribution in [0.25, 0.3) is 0 Å². The van der Waals surface area contributed by atoms with Crippen LogP contribution in [0.1, 0.15) is 18.4 Å². The first kappa shape index (κ1) is 21.5. The number of amides is 1.